The first-order valence-corrected chi connectivity index (χ1v) is 13.7. The second-order valence-electron chi connectivity index (χ2n) is 9.45. The number of unbranched alkanes of at least 4 members (excludes halogenated alkanes) is 1. The number of rotatable bonds is 7. The Bertz CT molecular complexity index is 721. The van der Waals surface area contributed by atoms with Gasteiger partial charge in [-0.25, -0.2) is 4.39 Å². The van der Waals surface area contributed by atoms with Crippen LogP contribution in [0.15, 0.2) is 18.2 Å². The molecule has 0 N–H and O–H groups in total. The summed E-state index contributed by atoms with van der Waals surface area (Å²) in [4.78, 5) is 12.4. The summed E-state index contributed by atoms with van der Waals surface area (Å²) in [5.41, 5.74) is -0.325. The zero-order chi connectivity index (χ0) is 22.4. The predicted molar refractivity (Wildman–Crippen MR) is 116 cm³/mol. The molecule has 1 aromatic rings. The normalized spacial score (nSPS) is 27.5. The minimum Gasteiger partial charge on any atom is -0.426 e. The van der Waals surface area contributed by atoms with Gasteiger partial charge >= 0.3 is 12.1 Å². The lowest BCUT2D eigenvalue weighted by molar-refractivity contribution is -0.140. The van der Waals surface area contributed by atoms with Crippen LogP contribution in [0.1, 0.15) is 76.7 Å². The third kappa shape index (κ3) is 6.80. The largest absolute Gasteiger partial charge is 0.426 e. The molecule has 2 aliphatic carbocycles. The van der Waals surface area contributed by atoms with Gasteiger partial charge in [0.25, 0.3) is 0 Å². The van der Waals surface area contributed by atoms with E-state index in [1.807, 2.05) is 0 Å². The maximum Gasteiger partial charge on any atom is 0.419 e. The summed E-state index contributed by atoms with van der Waals surface area (Å²) in [7, 11) is 0.0916. The van der Waals surface area contributed by atoms with E-state index < -0.39 is 23.5 Å². The summed E-state index contributed by atoms with van der Waals surface area (Å²) in [5.74, 6) is -0.844. The standard InChI is InChI=1S/C24H34F4O2Si/c1-2-3-14-31-20-11-8-17(9-12-20)16-4-6-18(7-5-16)23(29)30-19-10-13-21(22(25)15-19)24(26,27)28/h10,13,15-18,20H,2-9,11-12,14,31H2,1H3. The molecule has 1 aromatic carbocycles. The number of carbonyl (C=O) groups is 1. The first-order valence-electron chi connectivity index (χ1n) is 11.9. The summed E-state index contributed by atoms with van der Waals surface area (Å²) in [6.07, 6.45) is 6.88. The Labute approximate surface area is 185 Å². The van der Waals surface area contributed by atoms with Gasteiger partial charge < -0.3 is 4.74 Å². The van der Waals surface area contributed by atoms with E-state index >= 15 is 0 Å². The summed E-state index contributed by atoms with van der Waals surface area (Å²) in [6, 6.07) is 3.77. The Morgan fingerprint density at radius 2 is 1.65 bits per heavy atom. The minimum atomic E-state index is -4.76. The lowest BCUT2D eigenvalue weighted by Crippen LogP contribution is -2.30. The fraction of sp³-hybridized carbons (Fsp3) is 0.708. The molecule has 0 bridgehead atoms. The van der Waals surface area contributed by atoms with Crippen LogP contribution in [0.3, 0.4) is 0 Å². The average Bonchev–Trinajstić information content (AvgIpc) is 2.74. The molecule has 2 aliphatic rings. The van der Waals surface area contributed by atoms with Gasteiger partial charge in [0.1, 0.15) is 11.6 Å². The fourth-order valence-corrected chi connectivity index (χ4v) is 7.86. The summed E-state index contributed by atoms with van der Waals surface area (Å²) in [6.45, 7) is 2.26. The zero-order valence-corrected chi connectivity index (χ0v) is 19.8. The number of benzene rings is 1. The molecule has 3 rings (SSSR count). The molecule has 0 spiro atoms. The van der Waals surface area contributed by atoms with Crippen molar-refractivity contribution in [3.05, 3.63) is 29.6 Å². The quantitative estimate of drug-likeness (QED) is 0.146. The third-order valence-electron chi connectivity index (χ3n) is 7.34. The van der Waals surface area contributed by atoms with Crippen molar-refractivity contribution in [2.24, 2.45) is 17.8 Å². The zero-order valence-electron chi connectivity index (χ0n) is 18.4. The van der Waals surface area contributed by atoms with Crippen LogP contribution in [-0.4, -0.2) is 15.5 Å². The molecule has 174 valence electrons. The lowest BCUT2D eigenvalue weighted by atomic mass is 9.71. The molecule has 2 fully saturated rings. The Balaban J connectivity index is 1.43. The third-order valence-corrected chi connectivity index (χ3v) is 9.88. The minimum absolute atomic E-state index is 0.0916. The second kappa shape index (κ2) is 11.0. The number of esters is 1. The first-order chi connectivity index (χ1) is 14.8. The highest BCUT2D eigenvalue weighted by atomic mass is 28.2. The van der Waals surface area contributed by atoms with E-state index in [-0.39, 0.29) is 21.2 Å². The van der Waals surface area contributed by atoms with Crippen molar-refractivity contribution in [1.82, 2.24) is 0 Å². The van der Waals surface area contributed by atoms with Gasteiger partial charge in [-0.2, -0.15) is 13.2 Å². The Kier molecular flexibility index (Phi) is 8.59. The summed E-state index contributed by atoms with van der Waals surface area (Å²) < 4.78 is 56.9. The van der Waals surface area contributed by atoms with Gasteiger partial charge in [0.2, 0.25) is 0 Å². The monoisotopic (exact) mass is 458 g/mol. The number of hydrogen-bond donors (Lipinski definition) is 0. The van der Waals surface area contributed by atoms with Gasteiger partial charge in [0.05, 0.1) is 11.5 Å². The molecule has 2 saturated carbocycles. The maximum absolute atomic E-state index is 13.7. The van der Waals surface area contributed by atoms with Gasteiger partial charge in [0, 0.05) is 15.6 Å². The average molecular weight is 459 g/mol. The Hall–Kier alpha value is -1.37. The van der Waals surface area contributed by atoms with Crippen LogP contribution in [0.25, 0.3) is 0 Å². The molecule has 0 unspecified atom stereocenters. The number of alkyl halides is 3. The van der Waals surface area contributed by atoms with Gasteiger partial charge in [-0.15, -0.1) is 0 Å². The molecule has 0 aliphatic heterocycles. The first kappa shape index (κ1) is 24.3. The molecule has 0 aromatic heterocycles. The molecule has 0 heterocycles. The van der Waals surface area contributed by atoms with Crippen LogP contribution in [-0.2, 0) is 11.0 Å². The van der Waals surface area contributed by atoms with Crippen LogP contribution in [0.2, 0.25) is 11.6 Å². The van der Waals surface area contributed by atoms with E-state index in [0.717, 1.165) is 43.2 Å². The molecule has 31 heavy (non-hydrogen) atoms. The molecule has 0 radical (unpaired) electrons. The van der Waals surface area contributed by atoms with Crippen molar-refractivity contribution in [2.45, 2.75) is 88.9 Å². The molecular formula is C24H34F4O2Si. The summed E-state index contributed by atoms with van der Waals surface area (Å²) in [5, 5.41) is 0. The van der Waals surface area contributed by atoms with Crippen LogP contribution in [0.4, 0.5) is 17.6 Å². The molecule has 0 saturated heterocycles. The maximum atomic E-state index is 13.7. The number of carbonyl (C=O) groups excluding carboxylic acids is 1. The second-order valence-corrected chi connectivity index (χ2v) is 11.9. The molecule has 0 atom stereocenters. The predicted octanol–water partition coefficient (Wildman–Crippen LogP) is 6.92. The molecular weight excluding hydrogens is 424 g/mol. The van der Waals surface area contributed by atoms with Crippen molar-refractivity contribution in [2.75, 3.05) is 0 Å². The number of ether oxygens (including phenoxy) is 1. The smallest absolute Gasteiger partial charge is 0.419 e. The van der Waals surface area contributed by atoms with Crippen LogP contribution < -0.4 is 4.74 Å². The van der Waals surface area contributed by atoms with E-state index in [1.165, 1.54) is 44.6 Å². The Morgan fingerprint density at radius 3 is 2.19 bits per heavy atom. The van der Waals surface area contributed by atoms with Gasteiger partial charge in [0.15, 0.2) is 0 Å². The van der Waals surface area contributed by atoms with Crippen molar-refractivity contribution in [1.29, 1.82) is 0 Å². The van der Waals surface area contributed by atoms with E-state index in [2.05, 4.69) is 6.92 Å². The van der Waals surface area contributed by atoms with E-state index in [4.69, 9.17) is 4.74 Å². The highest BCUT2D eigenvalue weighted by Crippen LogP contribution is 2.43. The van der Waals surface area contributed by atoms with Gasteiger partial charge in [-0.05, 0) is 49.7 Å². The fourth-order valence-electron chi connectivity index (χ4n) is 5.45. The van der Waals surface area contributed by atoms with E-state index in [9.17, 15) is 22.4 Å². The Morgan fingerprint density at radius 1 is 1.03 bits per heavy atom. The van der Waals surface area contributed by atoms with Gasteiger partial charge in [-0.1, -0.05) is 57.0 Å². The molecule has 0 amide bonds. The molecule has 7 heteroatoms. The van der Waals surface area contributed by atoms with E-state index in [1.54, 1.807) is 0 Å². The van der Waals surface area contributed by atoms with Crippen LogP contribution >= 0.6 is 0 Å². The van der Waals surface area contributed by atoms with Crippen molar-refractivity contribution < 1.29 is 27.1 Å². The van der Waals surface area contributed by atoms with Crippen LogP contribution in [0, 0.1) is 23.6 Å². The van der Waals surface area contributed by atoms with E-state index in [0.29, 0.717) is 18.1 Å². The van der Waals surface area contributed by atoms with Crippen molar-refractivity contribution in [3.63, 3.8) is 0 Å². The molecule has 2 nitrogen and oxygen atoms in total. The van der Waals surface area contributed by atoms with Crippen LogP contribution in [0.5, 0.6) is 5.75 Å². The topological polar surface area (TPSA) is 26.3 Å². The highest BCUT2D eigenvalue weighted by Gasteiger charge is 2.35. The van der Waals surface area contributed by atoms with Crippen molar-refractivity contribution in [3.8, 4) is 5.75 Å². The van der Waals surface area contributed by atoms with Gasteiger partial charge in [-0.3, -0.25) is 4.79 Å². The number of hydrogen-bond acceptors (Lipinski definition) is 2. The van der Waals surface area contributed by atoms with Crippen molar-refractivity contribution >= 4 is 15.5 Å². The number of halogens is 4. The highest BCUT2D eigenvalue weighted by molar-refractivity contribution is 6.37. The SMILES string of the molecule is CCCC[SiH2]C1CCC(C2CCC(C(=O)Oc3ccc(C(F)(F)F)c(F)c3)CC2)CC1. The summed E-state index contributed by atoms with van der Waals surface area (Å²) >= 11 is 0. The lowest BCUT2D eigenvalue weighted by Gasteiger charge is -2.37.